The molecule has 0 saturated heterocycles. The average molecular weight is 271 g/mol. The molecule has 1 aliphatic carbocycles. The summed E-state index contributed by atoms with van der Waals surface area (Å²) in [6.07, 6.45) is 3.59. The SMILES string of the molecule is O=C(CC1CC1)NCc1noc(Cc2ccccc2)n1. The molecule has 0 atom stereocenters. The topological polar surface area (TPSA) is 68.0 Å². The molecule has 0 spiro atoms. The highest BCUT2D eigenvalue weighted by Crippen LogP contribution is 2.32. The van der Waals surface area contributed by atoms with Crippen LogP contribution in [0.3, 0.4) is 0 Å². The monoisotopic (exact) mass is 271 g/mol. The van der Waals surface area contributed by atoms with Crippen molar-refractivity contribution in [2.45, 2.75) is 32.2 Å². The normalized spacial score (nSPS) is 14.2. The minimum atomic E-state index is 0.0712. The zero-order valence-corrected chi connectivity index (χ0v) is 11.2. The number of carbonyl (C=O) groups excluding carboxylic acids is 1. The second kappa shape index (κ2) is 5.86. The summed E-state index contributed by atoms with van der Waals surface area (Å²) in [4.78, 5) is 15.8. The van der Waals surface area contributed by atoms with Crippen molar-refractivity contribution < 1.29 is 9.32 Å². The molecule has 2 aromatic rings. The number of benzene rings is 1. The molecule has 1 saturated carbocycles. The lowest BCUT2D eigenvalue weighted by Gasteiger charge is -1.99. The molecule has 3 rings (SSSR count). The van der Waals surface area contributed by atoms with Crippen molar-refractivity contribution in [3.05, 3.63) is 47.6 Å². The van der Waals surface area contributed by atoms with Crippen LogP contribution in [0.4, 0.5) is 0 Å². The van der Waals surface area contributed by atoms with Gasteiger partial charge in [-0.2, -0.15) is 4.98 Å². The molecule has 5 nitrogen and oxygen atoms in total. The van der Waals surface area contributed by atoms with E-state index in [0.717, 1.165) is 5.56 Å². The molecule has 5 heteroatoms. The number of nitrogens with zero attached hydrogens (tertiary/aromatic N) is 2. The Morgan fingerprint density at radius 1 is 1.30 bits per heavy atom. The average Bonchev–Trinajstić information content (AvgIpc) is 3.15. The Morgan fingerprint density at radius 3 is 2.85 bits per heavy atom. The van der Waals surface area contributed by atoms with Gasteiger partial charge >= 0.3 is 0 Å². The molecule has 0 aliphatic heterocycles. The zero-order chi connectivity index (χ0) is 13.8. The van der Waals surface area contributed by atoms with Crippen LogP contribution >= 0.6 is 0 Å². The van der Waals surface area contributed by atoms with Crippen LogP contribution in [-0.4, -0.2) is 16.0 Å². The Labute approximate surface area is 117 Å². The standard InChI is InChI=1S/C15H17N3O2/c19-14(8-12-6-7-12)16-10-13-17-15(20-18-13)9-11-4-2-1-3-5-11/h1-5,12H,6-10H2,(H,16,19). The maximum Gasteiger partial charge on any atom is 0.231 e. The van der Waals surface area contributed by atoms with Crippen molar-refractivity contribution in [3.8, 4) is 0 Å². The number of carbonyl (C=O) groups is 1. The van der Waals surface area contributed by atoms with E-state index in [4.69, 9.17) is 4.52 Å². The molecule has 104 valence electrons. The minimum Gasteiger partial charge on any atom is -0.349 e. The Hall–Kier alpha value is -2.17. The molecular formula is C15H17N3O2. The summed E-state index contributed by atoms with van der Waals surface area (Å²) in [5, 5.41) is 6.70. The first-order valence-corrected chi connectivity index (χ1v) is 6.91. The second-order valence-electron chi connectivity index (χ2n) is 5.19. The van der Waals surface area contributed by atoms with Crippen LogP contribution in [0, 0.1) is 5.92 Å². The van der Waals surface area contributed by atoms with Crippen LogP contribution in [-0.2, 0) is 17.8 Å². The van der Waals surface area contributed by atoms with E-state index in [1.54, 1.807) is 0 Å². The third-order valence-electron chi connectivity index (χ3n) is 3.32. The summed E-state index contributed by atoms with van der Waals surface area (Å²) in [5.74, 6) is 1.76. The minimum absolute atomic E-state index is 0.0712. The van der Waals surface area contributed by atoms with Crippen LogP contribution < -0.4 is 5.32 Å². The van der Waals surface area contributed by atoms with Crippen molar-refractivity contribution in [1.29, 1.82) is 0 Å². The third-order valence-corrected chi connectivity index (χ3v) is 3.32. The second-order valence-corrected chi connectivity index (χ2v) is 5.19. The molecule has 0 radical (unpaired) electrons. The molecule has 20 heavy (non-hydrogen) atoms. The van der Waals surface area contributed by atoms with E-state index in [9.17, 15) is 4.79 Å². The van der Waals surface area contributed by atoms with Crippen LogP contribution in [0.1, 0.15) is 36.5 Å². The van der Waals surface area contributed by atoms with Crippen molar-refractivity contribution in [1.82, 2.24) is 15.5 Å². The van der Waals surface area contributed by atoms with Gasteiger partial charge in [0.1, 0.15) is 0 Å². The van der Waals surface area contributed by atoms with Crippen LogP contribution in [0.25, 0.3) is 0 Å². The predicted molar refractivity (Wildman–Crippen MR) is 72.7 cm³/mol. The third kappa shape index (κ3) is 3.66. The predicted octanol–water partition coefficient (Wildman–Crippen LogP) is 2.08. The van der Waals surface area contributed by atoms with Gasteiger partial charge in [-0.3, -0.25) is 4.79 Å². The number of amides is 1. The van der Waals surface area contributed by atoms with E-state index in [1.807, 2.05) is 30.3 Å². The summed E-state index contributed by atoms with van der Waals surface area (Å²) in [6.45, 7) is 0.337. The number of rotatable bonds is 6. The molecule has 1 fully saturated rings. The van der Waals surface area contributed by atoms with Gasteiger partial charge in [-0.1, -0.05) is 35.5 Å². The molecule has 1 amide bonds. The maximum absolute atomic E-state index is 11.6. The fourth-order valence-electron chi connectivity index (χ4n) is 2.04. The van der Waals surface area contributed by atoms with E-state index in [0.29, 0.717) is 37.0 Å². The van der Waals surface area contributed by atoms with Crippen molar-refractivity contribution in [3.63, 3.8) is 0 Å². The number of hydrogen-bond donors (Lipinski definition) is 1. The van der Waals surface area contributed by atoms with E-state index >= 15 is 0 Å². The highest BCUT2D eigenvalue weighted by atomic mass is 16.5. The number of nitrogens with one attached hydrogen (secondary N) is 1. The molecule has 0 bridgehead atoms. The van der Waals surface area contributed by atoms with Crippen molar-refractivity contribution in [2.75, 3.05) is 0 Å². The molecule has 1 N–H and O–H groups in total. The van der Waals surface area contributed by atoms with Gasteiger partial charge in [0.05, 0.1) is 13.0 Å². The van der Waals surface area contributed by atoms with Gasteiger partial charge in [-0.25, -0.2) is 0 Å². The van der Waals surface area contributed by atoms with Gasteiger partial charge in [0, 0.05) is 6.42 Å². The van der Waals surface area contributed by atoms with Crippen LogP contribution in [0.15, 0.2) is 34.9 Å². The van der Waals surface area contributed by atoms with Gasteiger partial charge in [0.2, 0.25) is 11.8 Å². The maximum atomic E-state index is 11.6. The first-order chi connectivity index (χ1) is 9.79. The van der Waals surface area contributed by atoms with Gasteiger partial charge < -0.3 is 9.84 Å². The summed E-state index contributed by atoms with van der Waals surface area (Å²) < 4.78 is 5.18. The fourth-order valence-corrected chi connectivity index (χ4v) is 2.04. The molecule has 1 aliphatic rings. The van der Waals surface area contributed by atoms with Gasteiger partial charge in [0.25, 0.3) is 0 Å². The van der Waals surface area contributed by atoms with Gasteiger partial charge in [0.15, 0.2) is 5.82 Å². The number of hydrogen-bond acceptors (Lipinski definition) is 4. The largest absolute Gasteiger partial charge is 0.349 e. The lowest BCUT2D eigenvalue weighted by Crippen LogP contribution is -2.23. The quantitative estimate of drug-likeness (QED) is 0.873. The van der Waals surface area contributed by atoms with Gasteiger partial charge in [-0.15, -0.1) is 0 Å². The lowest BCUT2D eigenvalue weighted by atomic mass is 10.1. The molecule has 1 heterocycles. The summed E-state index contributed by atoms with van der Waals surface area (Å²) in [7, 11) is 0. The van der Waals surface area contributed by atoms with E-state index in [2.05, 4.69) is 15.5 Å². The summed E-state index contributed by atoms with van der Waals surface area (Å²) >= 11 is 0. The molecule has 0 unspecified atom stereocenters. The Bertz CT molecular complexity index is 576. The van der Waals surface area contributed by atoms with E-state index in [1.165, 1.54) is 12.8 Å². The van der Waals surface area contributed by atoms with Crippen LogP contribution in [0.5, 0.6) is 0 Å². The lowest BCUT2D eigenvalue weighted by molar-refractivity contribution is -0.121. The summed E-state index contributed by atoms with van der Waals surface area (Å²) in [6, 6.07) is 9.95. The number of aromatic nitrogens is 2. The highest BCUT2D eigenvalue weighted by molar-refractivity contribution is 5.76. The first-order valence-electron chi connectivity index (χ1n) is 6.91. The van der Waals surface area contributed by atoms with Crippen LogP contribution in [0.2, 0.25) is 0 Å². The molecular weight excluding hydrogens is 254 g/mol. The molecule has 1 aromatic carbocycles. The van der Waals surface area contributed by atoms with E-state index < -0.39 is 0 Å². The first kappa shape index (κ1) is 12.8. The van der Waals surface area contributed by atoms with Crippen molar-refractivity contribution >= 4 is 5.91 Å². The fraction of sp³-hybridized carbons (Fsp3) is 0.400. The zero-order valence-electron chi connectivity index (χ0n) is 11.2. The Morgan fingerprint density at radius 2 is 2.10 bits per heavy atom. The van der Waals surface area contributed by atoms with E-state index in [-0.39, 0.29) is 5.91 Å². The van der Waals surface area contributed by atoms with Crippen molar-refractivity contribution in [2.24, 2.45) is 5.92 Å². The molecule has 1 aromatic heterocycles. The smallest absolute Gasteiger partial charge is 0.231 e. The highest BCUT2D eigenvalue weighted by Gasteiger charge is 2.24. The summed E-state index contributed by atoms with van der Waals surface area (Å²) in [5.41, 5.74) is 1.13. The Kier molecular flexibility index (Phi) is 3.76. The Balaban J connectivity index is 1.50. The van der Waals surface area contributed by atoms with Gasteiger partial charge in [-0.05, 0) is 24.3 Å².